The van der Waals surface area contributed by atoms with Gasteiger partial charge in [-0.2, -0.15) is 18.3 Å². The highest BCUT2D eigenvalue weighted by Gasteiger charge is 2.42. The molecule has 112 valence electrons. The second-order valence-electron chi connectivity index (χ2n) is 4.75. The summed E-state index contributed by atoms with van der Waals surface area (Å²) in [6, 6.07) is -1.92. The fourth-order valence-electron chi connectivity index (χ4n) is 2.08. The highest BCUT2D eigenvalue weighted by atomic mass is 19.4. The molecular formula is C11H15F3N4O2. The molecule has 20 heavy (non-hydrogen) atoms. The number of hydrogen-bond donors (Lipinski definition) is 1. The van der Waals surface area contributed by atoms with Crippen molar-refractivity contribution in [2.75, 3.05) is 13.2 Å². The second kappa shape index (κ2) is 5.78. The molecule has 0 bridgehead atoms. The van der Waals surface area contributed by atoms with Gasteiger partial charge < -0.3 is 10.1 Å². The van der Waals surface area contributed by atoms with Crippen LogP contribution in [0.15, 0.2) is 12.7 Å². The molecule has 1 fully saturated rings. The summed E-state index contributed by atoms with van der Waals surface area (Å²) in [6.45, 7) is 1.49. The van der Waals surface area contributed by atoms with Gasteiger partial charge in [0.1, 0.15) is 12.7 Å². The lowest BCUT2D eigenvalue weighted by Crippen LogP contribution is -2.40. The van der Waals surface area contributed by atoms with Crippen molar-refractivity contribution in [2.45, 2.75) is 31.7 Å². The Morgan fingerprint density at radius 1 is 1.60 bits per heavy atom. The van der Waals surface area contributed by atoms with Gasteiger partial charge in [-0.25, -0.2) is 9.67 Å². The van der Waals surface area contributed by atoms with E-state index in [1.54, 1.807) is 0 Å². The van der Waals surface area contributed by atoms with Gasteiger partial charge in [0.15, 0.2) is 6.04 Å². The lowest BCUT2D eigenvalue weighted by molar-refractivity contribution is -0.169. The molecule has 3 unspecified atom stereocenters. The zero-order chi connectivity index (χ0) is 14.8. The van der Waals surface area contributed by atoms with E-state index < -0.39 is 30.6 Å². The molecule has 1 saturated heterocycles. The SMILES string of the molecule is CC1CC(C(=O)NCC(n2cncn2)C(F)(F)F)CO1. The normalized spacial score (nSPS) is 24.6. The fourth-order valence-corrected chi connectivity index (χ4v) is 2.08. The second-order valence-corrected chi connectivity index (χ2v) is 4.75. The Hall–Kier alpha value is -1.64. The smallest absolute Gasteiger partial charge is 0.378 e. The summed E-state index contributed by atoms with van der Waals surface area (Å²) in [5, 5.41) is 5.79. The van der Waals surface area contributed by atoms with Crippen molar-refractivity contribution in [3.8, 4) is 0 Å². The quantitative estimate of drug-likeness (QED) is 0.896. The molecule has 1 amide bonds. The number of halogens is 3. The van der Waals surface area contributed by atoms with Gasteiger partial charge in [-0.1, -0.05) is 0 Å². The number of alkyl halides is 3. The molecule has 0 radical (unpaired) electrons. The van der Waals surface area contributed by atoms with Gasteiger partial charge in [-0.15, -0.1) is 0 Å². The Kier molecular flexibility index (Phi) is 4.26. The number of aromatic nitrogens is 3. The summed E-state index contributed by atoms with van der Waals surface area (Å²) in [7, 11) is 0. The van der Waals surface area contributed by atoms with E-state index >= 15 is 0 Å². The van der Waals surface area contributed by atoms with E-state index in [-0.39, 0.29) is 12.7 Å². The van der Waals surface area contributed by atoms with Gasteiger partial charge in [0.2, 0.25) is 5.91 Å². The third kappa shape index (κ3) is 3.47. The lowest BCUT2D eigenvalue weighted by Gasteiger charge is -2.21. The molecular weight excluding hydrogens is 277 g/mol. The van der Waals surface area contributed by atoms with Gasteiger partial charge >= 0.3 is 6.18 Å². The van der Waals surface area contributed by atoms with E-state index in [0.29, 0.717) is 11.1 Å². The zero-order valence-corrected chi connectivity index (χ0v) is 10.8. The first-order valence-electron chi connectivity index (χ1n) is 6.18. The molecule has 1 N–H and O–H groups in total. The van der Waals surface area contributed by atoms with E-state index in [0.717, 1.165) is 12.7 Å². The first-order chi connectivity index (χ1) is 9.38. The average molecular weight is 292 g/mol. The van der Waals surface area contributed by atoms with Crippen molar-refractivity contribution in [1.29, 1.82) is 0 Å². The molecule has 1 aliphatic rings. The van der Waals surface area contributed by atoms with Gasteiger partial charge in [0.25, 0.3) is 0 Å². The molecule has 1 aromatic heterocycles. The van der Waals surface area contributed by atoms with Crippen molar-refractivity contribution in [1.82, 2.24) is 20.1 Å². The maximum atomic E-state index is 12.9. The Morgan fingerprint density at radius 2 is 2.35 bits per heavy atom. The lowest BCUT2D eigenvalue weighted by atomic mass is 10.1. The van der Waals surface area contributed by atoms with Crippen molar-refractivity contribution in [3.05, 3.63) is 12.7 Å². The van der Waals surface area contributed by atoms with E-state index in [4.69, 9.17) is 4.74 Å². The number of hydrogen-bond acceptors (Lipinski definition) is 4. The van der Waals surface area contributed by atoms with Crippen molar-refractivity contribution >= 4 is 5.91 Å². The van der Waals surface area contributed by atoms with Crippen molar-refractivity contribution in [3.63, 3.8) is 0 Å². The van der Waals surface area contributed by atoms with Crippen LogP contribution < -0.4 is 5.32 Å². The molecule has 3 atom stereocenters. The van der Waals surface area contributed by atoms with Crippen LogP contribution in [0, 0.1) is 5.92 Å². The standard InChI is InChI=1S/C11H15F3N4O2/c1-7-2-8(4-20-7)10(19)16-3-9(11(12,13)14)18-6-15-5-17-18/h5-9H,2-4H2,1H3,(H,16,19). The van der Waals surface area contributed by atoms with E-state index in [1.807, 2.05) is 6.92 Å². The first kappa shape index (κ1) is 14.8. The zero-order valence-electron chi connectivity index (χ0n) is 10.8. The van der Waals surface area contributed by atoms with Crippen molar-refractivity contribution < 1.29 is 22.7 Å². The van der Waals surface area contributed by atoms with Gasteiger partial charge in [0, 0.05) is 6.54 Å². The molecule has 0 saturated carbocycles. The highest BCUT2D eigenvalue weighted by molar-refractivity contribution is 5.79. The Morgan fingerprint density at radius 3 is 2.85 bits per heavy atom. The molecule has 1 aliphatic heterocycles. The van der Waals surface area contributed by atoms with Crippen molar-refractivity contribution in [2.24, 2.45) is 5.92 Å². The molecule has 0 spiro atoms. The number of amides is 1. The van der Waals surface area contributed by atoms with Crippen LogP contribution in [-0.2, 0) is 9.53 Å². The highest BCUT2D eigenvalue weighted by Crippen LogP contribution is 2.29. The Labute approximate surface area is 113 Å². The third-order valence-corrected chi connectivity index (χ3v) is 3.17. The number of carbonyl (C=O) groups excluding carboxylic acids is 1. The molecule has 0 aliphatic carbocycles. The number of nitrogens with zero attached hydrogens (tertiary/aromatic N) is 3. The number of carbonyl (C=O) groups is 1. The number of rotatable bonds is 4. The monoisotopic (exact) mass is 292 g/mol. The summed E-state index contributed by atoms with van der Waals surface area (Å²) in [6.07, 6.45) is -2.04. The van der Waals surface area contributed by atoms with Gasteiger partial charge in [0.05, 0.1) is 18.6 Å². The summed E-state index contributed by atoms with van der Waals surface area (Å²) in [5.41, 5.74) is 0. The minimum Gasteiger partial charge on any atom is -0.378 e. The van der Waals surface area contributed by atoms with Gasteiger partial charge in [-0.05, 0) is 13.3 Å². The predicted octanol–water partition coefficient (Wildman–Crippen LogP) is 0.923. The topological polar surface area (TPSA) is 69.0 Å². The molecule has 6 nitrogen and oxygen atoms in total. The molecule has 2 rings (SSSR count). The Balaban J connectivity index is 1.94. The summed E-state index contributed by atoms with van der Waals surface area (Å²) in [4.78, 5) is 15.3. The minimum absolute atomic E-state index is 0.0421. The van der Waals surface area contributed by atoms with Crippen LogP contribution >= 0.6 is 0 Å². The molecule has 9 heteroatoms. The maximum absolute atomic E-state index is 12.9. The summed E-state index contributed by atoms with van der Waals surface area (Å²) >= 11 is 0. The van der Waals surface area contributed by atoms with Crippen LogP contribution in [0.4, 0.5) is 13.2 Å². The fraction of sp³-hybridized carbons (Fsp3) is 0.727. The first-order valence-corrected chi connectivity index (χ1v) is 6.18. The Bertz CT molecular complexity index is 449. The van der Waals surface area contributed by atoms with E-state index in [1.165, 1.54) is 0 Å². The molecule has 0 aromatic carbocycles. The van der Waals surface area contributed by atoms with Crippen LogP contribution in [0.5, 0.6) is 0 Å². The van der Waals surface area contributed by atoms with E-state index in [9.17, 15) is 18.0 Å². The van der Waals surface area contributed by atoms with Crippen LogP contribution in [0.2, 0.25) is 0 Å². The number of ether oxygens (including phenoxy) is 1. The predicted molar refractivity (Wildman–Crippen MR) is 61.6 cm³/mol. The van der Waals surface area contributed by atoms with E-state index in [2.05, 4.69) is 15.4 Å². The van der Waals surface area contributed by atoms with Gasteiger partial charge in [-0.3, -0.25) is 4.79 Å². The van der Waals surface area contributed by atoms with Crippen LogP contribution in [-0.4, -0.2) is 46.1 Å². The van der Waals surface area contributed by atoms with Crippen LogP contribution in [0.25, 0.3) is 0 Å². The number of nitrogens with one attached hydrogen (secondary N) is 1. The average Bonchev–Trinajstić information content (AvgIpc) is 2.98. The summed E-state index contributed by atoms with van der Waals surface area (Å²) in [5.74, 6) is -0.821. The largest absolute Gasteiger partial charge is 0.412 e. The van der Waals surface area contributed by atoms with Crippen LogP contribution in [0.1, 0.15) is 19.4 Å². The molecule has 1 aromatic rings. The molecule has 2 heterocycles. The third-order valence-electron chi connectivity index (χ3n) is 3.17. The van der Waals surface area contributed by atoms with Crippen LogP contribution in [0.3, 0.4) is 0 Å². The minimum atomic E-state index is -4.51. The summed E-state index contributed by atoms with van der Waals surface area (Å²) < 4.78 is 44.6. The maximum Gasteiger partial charge on any atom is 0.412 e.